The van der Waals surface area contributed by atoms with E-state index in [0.29, 0.717) is 5.54 Å². The summed E-state index contributed by atoms with van der Waals surface area (Å²) in [7, 11) is 0. The van der Waals surface area contributed by atoms with Crippen molar-refractivity contribution in [1.82, 2.24) is 10.2 Å². The Balaban J connectivity index is 1.95. The summed E-state index contributed by atoms with van der Waals surface area (Å²) in [5, 5.41) is 3.73. The van der Waals surface area contributed by atoms with Crippen LogP contribution in [-0.2, 0) is 0 Å². The van der Waals surface area contributed by atoms with Gasteiger partial charge in [0, 0.05) is 24.2 Å². The van der Waals surface area contributed by atoms with Crippen LogP contribution in [0.2, 0.25) is 0 Å². The van der Waals surface area contributed by atoms with Crippen molar-refractivity contribution < 1.29 is 0 Å². The number of rotatable bonds is 3. The van der Waals surface area contributed by atoms with E-state index >= 15 is 0 Å². The molecular weight excluding hydrogens is 208 g/mol. The topological polar surface area (TPSA) is 15.3 Å². The lowest BCUT2D eigenvalue weighted by molar-refractivity contribution is 0.216. The molecule has 2 aliphatic rings. The summed E-state index contributed by atoms with van der Waals surface area (Å²) in [6.07, 6.45) is 6.10. The van der Waals surface area contributed by atoms with Crippen molar-refractivity contribution in [2.24, 2.45) is 5.92 Å². The minimum atomic E-state index is 0.344. The van der Waals surface area contributed by atoms with E-state index in [0.717, 1.165) is 19.0 Å². The molecule has 1 atom stereocenters. The number of hydrogen-bond donors (Lipinski definition) is 1. The Morgan fingerprint density at radius 3 is 3.00 bits per heavy atom. The van der Waals surface area contributed by atoms with Crippen LogP contribution in [0.1, 0.15) is 26.2 Å². The first kappa shape index (κ1) is 11.4. The summed E-state index contributed by atoms with van der Waals surface area (Å²) in [6, 6.07) is 0. The molecule has 2 fully saturated rings. The van der Waals surface area contributed by atoms with E-state index in [2.05, 4.69) is 17.1 Å². The van der Waals surface area contributed by atoms with Crippen molar-refractivity contribution in [2.75, 3.05) is 26.2 Å². The highest BCUT2D eigenvalue weighted by Crippen LogP contribution is 2.40. The zero-order valence-corrected chi connectivity index (χ0v) is 10.3. The van der Waals surface area contributed by atoms with E-state index in [1.807, 2.05) is 6.08 Å². The average Bonchev–Trinajstić information content (AvgIpc) is 3.01. The molecule has 3 heteroatoms. The summed E-state index contributed by atoms with van der Waals surface area (Å²) in [5.74, 6) is 0.901. The van der Waals surface area contributed by atoms with Crippen LogP contribution in [0.4, 0.5) is 0 Å². The minimum Gasteiger partial charge on any atom is -0.310 e. The van der Waals surface area contributed by atoms with Crippen LogP contribution in [0.25, 0.3) is 0 Å². The van der Waals surface area contributed by atoms with Gasteiger partial charge in [-0.15, -0.1) is 0 Å². The molecule has 1 saturated heterocycles. The molecule has 0 aromatic heterocycles. The Bertz CT molecular complexity index is 238. The molecule has 0 bridgehead atoms. The predicted molar refractivity (Wildman–Crippen MR) is 65.2 cm³/mol. The van der Waals surface area contributed by atoms with Crippen molar-refractivity contribution in [3.8, 4) is 0 Å². The molecule has 1 aliphatic carbocycles. The number of nitrogens with one attached hydrogen (secondary N) is 1. The first-order valence-electron chi connectivity index (χ1n) is 5.97. The molecular formula is C12H21ClN2. The number of nitrogens with zero attached hydrogens (tertiary/aromatic N) is 1. The van der Waals surface area contributed by atoms with Crippen LogP contribution >= 0.6 is 11.6 Å². The number of hydrogen-bond acceptors (Lipinski definition) is 2. The Morgan fingerprint density at radius 1 is 1.53 bits per heavy atom. The van der Waals surface area contributed by atoms with Gasteiger partial charge in [-0.2, -0.15) is 0 Å². The van der Waals surface area contributed by atoms with Crippen LogP contribution < -0.4 is 5.32 Å². The van der Waals surface area contributed by atoms with Crippen LogP contribution in [-0.4, -0.2) is 36.6 Å². The quantitative estimate of drug-likeness (QED) is 0.797. The smallest absolute Gasteiger partial charge is 0.0308 e. The van der Waals surface area contributed by atoms with Crippen LogP contribution in [0.5, 0.6) is 0 Å². The van der Waals surface area contributed by atoms with Crippen LogP contribution in [0.15, 0.2) is 11.6 Å². The maximum atomic E-state index is 5.58. The van der Waals surface area contributed by atoms with Crippen molar-refractivity contribution in [1.29, 1.82) is 0 Å². The molecule has 1 aliphatic heterocycles. The fourth-order valence-corrected chi connectivity index (χ4v) is 2.69. The molecule has 1 unspecified atom stereocenters. The third kappa shape index (κ3) is 2.96. The molecule has 1 heterocycles. The number of halogens is 1. The van der Waals surface area contributed by atoms with Gasteiger partial charge >= 0.3 is 0 Å². The fraction of sp³-hybridized carbons (Fsp3) is 0.833. The lowest BCUT2D eigenvalue weighted by atomic mass is 9.95. The van der Waals surface area contributed by atoms with E-state index in [1.54, 1.807) is 5.54 Å². The molecule has 0 radical (unpaired) electrons. The fourth-order valence-electron chi connectivity index (χ4n) is 2.61. The molecule has 86 valence electrons. The van der Waals surface area contributed by atoms with Gasteiger partial charge in [0.1, 0.15) is 0 Å². The molecule has 2 nitrogen and oxygen atoms in total. The highest BCUT2D eigenvalue weighted by Gasteiger charge is 2.42. The maximum Gasteiger partial charge on any atom is 0.0308 e. The highest BCUT2D eigenvalue weighted by atomic mass is 35.5. The lowest BCUT2D eigenvalue weighted by Crippen LogP contribution is -2.50. The summed E-state index contributed by atoms with van der Waals surface area (Å²) >= 11 is 5.58. The standard InChI is InChI=1S/C12H21ClN2/c1-12(11-4-5-11)10-15(8-2-6-13)9-3-7-14-12/h2,6,11,14H,3-5,7-10H2,1H3/b6-2+. The van der Waals surface area contributed by atoms with E-state index in [-0.39, 0.29) is 0 Å². The Hall–Kier alpha value is -0.0500. The Kier molecular flexibility index (Phi) is 3.70. The van der Waals surface area contributed by atoms with Crippen LogP contribution in [0.3, 0.4) is 0 Å². The summed E-state index contributed by atoms with van der Waals surface area (Å²) in [5.41, 5.74) is 1.98. The normalized spacial score (nSPS) is 34.5. The van der Waals surface area contributed by atoms with Crippen molar-refractivity contribution in [3.05, 3.63) is 11.6 Å². The van der Waals surface area contributed by atoms with Gasteiger partial charge in [-0.3, -0.25) is 4.90 Å². The molecule has 1 saturated carbocycles. The van der Waals surface area contributed by atoms with Gasteiger partial charge in [-0.25, -0.2) is 0 Å². The van der Waals surface area contributed by atoms with Gasteiger partial charge in [-0.1, -0.05) is 17.7 Å². The minimum absolute atomic E-state index is 0.344. The first-order chi connectivity index (χ1) is 7.24. The summed E-state index contributed by atoms with van der Waals surface area (Å²) in [4.78, 5) is 2.51. The van der Waals surface area contributed by atoms with Crippen LogP contribution in [0, 0.1) is 5.92 Å². The lowest BCUT2D eigenvalue weighted by Gasteiger charge is -2.33. The van der Waals surface area contributed by atoms with Gasteiger partial charge < -0.3 is 5.32 Å². The van der Waals surface area contributed by atoms with Gasteiger partial charge in [-0.05, 0) is 45.2 Å². The second-order valence-corrected chi connectivity index (χ2v) is 5.32. The van der Waals surface area contributed by atoms with Gasteiger partial charge in [0.25, 0.3) is 0 Å². The Morgan fingerprint density at radius 2 is 2.33 bits per heavy atom. The molecule has 15 heavy (non-hydrogen) atoms. The summed E-state index contributed by atoms with van der Waals surface area (Å²) < 4.78 is 0. The molecule has 0 aromatic rings. The summed E-state index contributed by atoms with van der Waals surface area (Å²) in [6.45, 7) is 6.89. The van der Waals surface area contributed by atoms with E-state index in [1.165, 1.54) is 32.4 Å². The maximum absolute atomic E-state index is 5.58. The monoisotopic (exact) mass is 228 g/mol. The molecule has 0 amide bonds. The van der Waals surface area contributed by atoms with Crippen molar-refractivity contribution in [2.45, 2.75) is 31.7 Å². The zero-order chi connectivity index (χ0) is 10.7. The predicted octanol–water partition coefficient (Wildman–Crippen LogP) is 2.20. The van der Waals surface area contributed by atoms with Gasteiger partial charge in [0.2, 0.25) is 0 Å². The largest absolute Gasteiger partial charge is 0.310 e. The first-order valence-corrected chi connectivity index (χ1v) is 6.41. The second kappa shape index (κ2) is 4.86. The SMILES string of the molecule is CC1(C2CC2)CN(C/C=C/Cl)CCCN1. The zero-order valence-electron chi connectivity index (χ0n) is 9.51. The molecule has 0 aromatic carbocycles. The van der Waals surface area contributed by atoms with E-state index < -0.39 is 0 Å². The van der Waals surface area contributed by atoms with Gasteiger partial charge in [0.15, 0.2) is 0 Å². The third-order valence-electron chi connectivity index (χ3n) is 3.66. The average molecular weight is 229 g/mol. The van der Waals surface area contributed by atoms with Crippen molar-refractivity contribution in [3.63, 3.8) is 0 Å². The molecule has 0 spiro atoms. The van der Waals surface area contributed by atoms with Gasteiger partial charge in [0.05, 0.1) is 0 Å². The Labute approximate surface area is 97.7 Å². The highest BCUT2D eigenvalue weighted by molar-refractivity contribution is 6.25. The van der Waals surface area contributed by atoms with Crippen molar-refractivity contribution >= 4 is 11.6 Å². The van der Waals surface area contributed by atoms with E-state index in [9.17, 15) is 0 Å². The molecule has 1 N–H and O–H groups in total. The van der Waals surface area contributed by atoms with E-state index in [4.69, 9.17) is 11.6 Å². The third-order valence-corrected chi connectivity index (χ3v) is 3.84. The second-order valence-electron chi connectivity index (χ2n) is 5.07. The molecule has 2 rings (SSSR count).